The van der Waals surface area contributed by atoms with Crippen LogP contribution in [0.15, 0.2) is 29.3 Å². The molecule has 5 nitrogen and oxygen atoms in total. The molecular weight excluding hydrogens is 366 g/mol. The van der Waals surface area contributed by atoms with Crippen molar-refractivity contribution in [3.8, 4) is 0 Å². The average Bonchev–Trinajstić information content (AvgIpc) is 2.72. The third-order valence-corrected chi connectivity index (χ3v) is 4.79. The normalized spacial score (nSPS) is 12.5. The molecule has 5 heteroatoms. The second-order valence-electron chi connectivity index (χ2n) is 7.44. The van der Waals surface area contributed by atoms with Crippen LogP contribution in [0.25, 0.3) is 0 Å². The lowest BCUT2D eigenvalue weighted by molar-refractivity contribution is -0.153. The van der Waals surface area contributed by atoms with Crippen molar-refractivity contribution in [2.75, 3.05) is 6.61 Å². The predicted octanol–water partition coefficient (Wildman–Crippen LogP) is 6.42. The first-order valence-corrected chi connectivity index (χ1v) is 11.0. The Morgan fingerprint density at radius 3 is 2.10 bits per heavy atom. The van der Waals surface area contributed by atoms with Gasteiger partial charge in [0.25, 0.3) is 0 Å². The second-order valence-corrected chi connectivity index (χ2v) is 7.44. The molecule has 0 N–H and O–H groups in total. The highest BCUT2D eigenvalue weighted by Crippen LogP contribution is 2.15. The van der Waals surface area contributed by atoms with Crippen LogP contribution in [0.5, 0.6) is 0 Å². The Labute approximate surface area is 175 Å². The largest absolute Gasteiger partial charge is 0.463 e. The lowest BCUT2D eigenvalue weighted by atomic mass is 10.1. The van der Waals surface area contributed by atoms with Gasteiger partial charge in [-0.3, -0.25) is 4.99 Å². The lowest BCUT2D eigenvalue weighted by Gasteiger charge is -2.13. The number of carbonyl (C=O) groups excluding carboxylic acids is 2. The molecule has 0 radical (unpaired) electrons. The first-order valence-electron chi connectivity index (χ1n) is 11.0. The molecule has 0 fully saturated rings. The van der Waals surface area contributed by atoms with Gasteiger partial charge in [0.1, 0.15) is 0 Å². The standard InChI is InChI=1S/C24H37NO4/c1-5-7-8-9-10-11-12-13-18-28-23(26)20(4)29-24(27)21-14-16-22(17-15-21)25-19(3)6-2/h14-17,20H,5-13,18H2,1-4H3/b25-19-/t20-/m0/s1. The summed E-state index contributed by atoms with van der Waals surface area (Å²) in [5.74, 6) is -1.04. The minimum atomic E-state index is -0.920. The number of esters is 2. The third kappa shape index (κ3) is 10.8. The molecule has 0 saturated carbocycles. The maximum Gasteiger partial charge on any atom is 0.347 e. The predicted molar refractivity (Wildman–Crippen MR) is 118 cm³/mol. The van der Waals surface area contributed by atoms with Crippen LogP contribution in [-0.4, -0.2) is 30.4 Å². The van der Waals surface area contributed by atoms with Gasteiger partial charge < -0.3 is 9.47 Å². The van der Waals surface area contributed by atoms with Crippen molar-refractivity contribution in [2.45, 2.75) is 91.6 Å². The molecule has 0 aliphatic carbocycles. The molecule has 0 amide bonds. The molecule has 29 heavy (non-hydrogen) atoms. The number of carbonyl (C=O) groups is 2. The Balaban J connectivity index is 2.27. The zero-order chi connectivity index (χ0) is 21.5. The number of ether oxygens (including phenoxy) is 2. The molecule has 0 heterocycles. The number of benzene rings is 1. The van der Waals surface area contributed by atoms with E-state index in [4.69, 9.17) is 9.47 Å². The van der Waals surface area contributed by atoms with Crippen LogP contribution in [0.1, 0.15) is 95.8 Å². The van der Waals surface area contributed by atoms with E-state index in [2.05, 4.69) is 11.9 Å². The van der Waals surface area contributed by atoms with Crippen LogP contribution in [0.4, 0.5) is 5.69 Å². The van der Waals surface area contributed by atoms with Crippen molar-refractivity contribution in [1.82, 2.24) is 0 Å². The molecule has 0 aromatic heterocycles. The molecule has 162 valence electrons. The Kier molecular flexibility index (Phi) is 12.7. The van der Waals surface area contributed by atoms with Gasteiger partial charge in [0.05, 0.1) is 17.9 Å². The monoisotopic (exact) mass is 403 g/mol. The summed E-state index contributed by atoms with van der Waals surface area (Å²) in [4.78, 5) is 28.6. The van der Waals surface area contributed by atoms with E-state index in [1.807, 2.05) is 13.8 Å². The van der Waals surface area contributed by atoms with E-state index in [0.717, 1.165) is 30.7 Å². The third-order valence-electron chi connectivity index (χ3n) is 4.79. The molecule has 0 saturated heterocycles. The van der Waals surface area contributed by atoms with E-state index in [1.165, 1.54) is 45.4 Å². The van der Waals surface area contributed by atoms with Gasteiger partial charge in [-0.05, 0) is 51.0 Å². The number of unbranched alkanes of at least 4 members (excludes halogenated alkanes) is 7. The highest BCUT2D eigenvalue weighted by molar-refractivity contribution is 5.92. The maximum atomic E-state index is 12.2. The van der Waals surface area contributed by atoms with Gasteiger partial charge in [-0.25, -0.2) is 9.59 Å². The van der Waals surface area contributed by atoms with E-state index in [0.29, 0.717) is 12.2 Å². The van der Waals surface area contributed by atoms with Crippen LogP contribution >= 0.6 is 0 Å². The van der Waals surface area contributed by atoms with E-state index < -0.39 is 18.0 Å². The summed E-state index contributed by atoms with van der Waals surface area (Å²) in [6.07, 6.45) is 9.43. The fourth-order valence-electron chi connectivity index (χ4n) is 2.77. The summed E-state index contributed by atoms with van der Waals surface area (Å²) in [6, 6.07) is 6.84. The van der Waals surface area contributed by atoms with Gasteiger partial charge in [0.2, 0.25) is 0 Å². The topological polar surface area (TPSA) is 65.0 Å². The van der Waals surface area contributed by atoms with Gasteiger partial charge in [0, 0.05) is 5.71 Å². The first-order chi connectivity index (χ1) is 14.0. The fourth-order valence-corrected chi connectivity index (χ4v) is 2.77. The molecule has 0 bridgehead atoms. The van der Waals surface area contributed by atoms with Crippen LogP contribution in [0, 0.1) is 0 Å². The minimum absolute atomic E-state index is 0.374. The Bertz CT molecular complexity index is 637. The molecule has 0 aliphatic rings. The van der Waals surface area contributed by atoms with Gasteiger partial charge >= 0.3 is 11.9 Å². The van der Waals surface area contributed by atoms with Crippen LogP contribution in [-0.2, 0) is 14.3 Å². The summed E-state index contributed by atoms with van der Waals surface area (Å²) >= 11 is 0. The van der Waals surface area contributed by atoms with E-state index >= 15 is 0 Å². The van der Waals surface area contributed by atoms with Crippen LogP contribution < -0.4 is 0 Å². The number of hydrogen-bond acceptors (Lipinski definition) is 5. The van der Waals surface area contributed by atoms with Crippen molar-refractivity contribution in [3.05, 3.63) is 29.8 Å². The van der Waals surface area contributed by atoms with E-state index in [9.17, 15) is 9.59 Å². The molecule has 1 atom stereocenters. The molecule has 0 unspecified atom stereocenters. The summed E-state index contributed by atoms with van der Waals surface area (Å²) in [5.41, 5.74) is 2.20. The fraction of sp³-hybridized carbons (Fsp3) is 0.625. The smallest absolute Gasteiger partial charge is 0.347 e. The number of aliphatic imine (C=N–C) groups is 1. The second kappa shape index (κ2) is 14.8. The molecule has 1 rings (SSSR count). The maximum absolute atomic E-state index is 12.2. The first kappa shape index (κ1) is 24.9. The molecular formula is C24H37NO4. The van der Waals surface area contributed by atoms with E-state index in [1.54, 1.807) is 24.3 Å². The number of nitrogens with zero attached hydrogens (tertiary/aromatic N) is 1. The summed E-state index contributed by atoms with van der Waals surface area (Å²) < 4.78 is 10.5. The summed E-state index contributed by atoms with van der Waals surface area (Å²) in [5, 5.41) is 0. The average molecular weight is 404 g/mol. The quantitative estimate of drug-likeness (QED) is 0.204. The van der Waals surface area contributed by atoms with Crippen molar-refractivity contribution in [3.63, 3.8) is 0 Å². The highest BCUT2D eigenvalue weighted by Gasteiger charge is 2.20. The van der Waals surface area contributed by atoms with Gasteiger partial charge in [-0.15, -0.1) is 0 Å². The van der Waals surface area contributed by atoms with Gasteiger partial charge in [-0.2, -0.15) is 0 Å². The summed E-state index contributed by atoms with van der Waals surface area (Å²) in [6.45, 7) is 8.13. The van der Waals surface area contributed by atoms with Crippen LogP contribution in [0.2, 0.25) is 0 Å². The lowest BCUT2D eigenvalue weighted by Crippen LogP contribution is -2.26. The minimum Gasteiger partial charge on any atom is -0.463 e. The van der Waals surface area contributed by atoms with Crippen molar-refractivity contribution in [2.24, 2.45) is 4.99 Å². The molecule has 1 aromatic rings. The zero-order valence-corrected chi connectivity index (χ0v) is 18.5. The number of rotatable bonds is 14. The molecule has 1 aromatic carbocycles. The van der Waals surface area contributed by atoms with Crippen LogP contribution in [0.3, 0.4) is 0 Å². The molecule has 0 spiro atoms. The highest BCUT2D eigenvalue weighted by atomic mass is 16.6. The molecule has 0 aliphatic heterocycles. The van der Waals surface area contributed by atoms with E-state index in [-0.39, 0.29) is 0 Å². The van der Waals surface area contributed by atoms with Gasteiger partial charge in [0.15, 0.2) is 6.10 Å². The van der Waals surface area contributed by atoms with Crippen molar-refractivity contribution < 1.29 is 19.1 Å². The van der Waals surface area contributed by atoms with Gasteiger partial charge in [-0.1, -0.05) is 58.8 Å². The Hall–Kier alpha value is -2.17. The van der Waals surface area contributed by atoms with Crippen molar-refractivity contribution in [1.29, 1.82) is 0 Å². The Morgan fingerprint density at radius 2 is 1.52 bits per heavy atom. The zero-order valence-electron chi connectivity index (χ0n) is 18.5. The summed E-state index contributed by atoms with van der Waals surface area (Å²) in [7, 11) is 0. The Morgan fingerprint density at radius 1 is 0.931 bits per heavy atom. The number of hydrogen-bond donors (Lipinski definition) is 0. The van der Waals surface area contributed by atoms with Crippen molar-refractivity contribution >= 4 is 23.3 Å². The SMILES string of the molecule is CCCCCCCCCCOC(=O)[C@H](C)OC(=O)c1ccc(/N=C(/C)CC)cc1.